The van der Waals surface area contributed by atoms with Gasteiger partial charge in [0, 0.05) is 6.07 Å². The second-order valence-corrected chi connectivity index (χ2v) is 5.24. The summed E-state index contributed by atoms with van der Waals surface area (Å²) in [6, 6.07) is 4.33. The fraction of sp³-hybridized carbons (Fsp3) is 0.375. The van der Waals surface area contributed by atoms with Crippen molar-refractivity contribution in [2.45, 2.75) is 25.7 Å². The number of benzene rings is 1. The summed E-state index contributed by atoms with van der Waals surface area (Å²) < 4.78 is 43.7. The second-order valence-electron chi connectivity index (χ2n) is 5.24. The minimum absolute atomic E-state index is 0.0403. The number of carbonyl (C=O) groups excluding carboxylic acids is 1. The van der Waals surface area contributed by atoms with Crippen molar-refractivity contribution in [3.05, 3.63) is 41.7 Å². The van der Waals surface area contributed by atoms with Gasteiger partial charge in [-0.2, -0.15) is 9.65 Å². The highest BCUT2D eigenvalue weighted by molar-refractivity contribution is 5.75. The summed E-state index contributed by atoms with van der Waals surface area (Å²) in [4.78, 5) is 12.0. The number of allylic oxidation sites excluding steroid dienone is 2. The Morgan fingerprint density at radius 2 is 1.91 bits per heavy atom. The summed E-state index contributed by atoms with van der Waals surface area (Å²) in [6.45, 7) is 0. The van der Waals surface area contributed by atoms with Crippen LogP contribution in [0.4, 0.5) is 13.2 Å². The molecule has 0 spiro atoms. The molecule has 116 valence electrons. The first-order valence-electron chi connectivity index (χ1n) is 6.93. The number of hydrogen-bond donors (Lipinski definition) is 0. The molecule has 0 amide bonds. The van der Waals surface area contributed by atoms with Gasteiger partial charge in [-0.1, -0.05) is 0 Å². The second kappa shape index (κ2) is 7.12. The van der Waals surface area contributed by atoms with Crippen LogP contribution in [0.2, 0.25) is 0 Å². The average molecular weight is 309 g/mol. The molecular formula is C16H14F3NO2. The molecule has 0 aromatic heterocycles. The number of hydrogen-bond acceptors (Lipinski definition) is 3. The van der Waals surface area contributed by atoms with Crippen molar-refractivity contribution in [2.75, 3.05) is 0 Å². The van der Waals surface area contributed by atoms with Gasteiger partial charge in [-0.25, -0.2) is 8.78 Å². The summed E-state index contributed by atoms with van der Waals surface area (Å²) in [5.41, 5.74) is 0. The summed E-state index contributed by atoms with van der Waals surface area (Å²) in [7, 11) is 0. The van der Waals surface area contributed by atoms with Crippen LogP contribution in [0.5, 0.6) is 5.75 Å². The third kappa shape index (κ3) is 4.10. The normalized spacial score (nSPS) is 22.0. The lowest BCUT2D eigenvalue weighted by atomic mass is 9.82. The number of nitrogens with zero attached hydrogens (tertiary/aromatic N) is 1. The minimum Gasteiger partial charge on any atom is -0.426 e. The van der Waals surface area contributed by atoms with E-state index in [1.54, 1.807) is 0 Å². The molecule has 3 nitrogen and oxygen atoms in total. The molecule has 1 aromatic carbocycles. The Kier molecular flexibility index (Phi) is 5.21. The lowest BCUT2D eigenvalue weighted by Crippen LogP contribution is -2.25. The maximum absolute atomic E-state index is 13.0. The van der Waals surface area contributed by atoms with Crippen molar-refractivity contribution in [1.29, 1.82) is 5.26 Å². The average Bonchev–Trinajstić information content (AvgIpc) is 2.51. The van der Waals surface area contributed by atoms with Gasteiger partial charge in [-0.3, -0.25) is 4.79 Å². The number of nitriles is 1. The van der Waals surface area contributed by atoms with Gasteiger partial charge in [0.2, 0.25) is 0 Å². The Labute approximate surface area is 126 Å². The third-order valence-corrected chi connectivity index (χ3v) is 3.70. The van der Waals surface area contributed by atoms with Gasteiger partial charge in [-0.05, 0) is 49.8 Å². The van der Waals surface area contributed by atoms with E-state index in [0.717, 1.165) is 12.1 Å². The van der Waals surface area contributed by atoms with E-state index in [9.17, 15) is 18.0 Å². The number of carbonyl (C=O) groups is 1. The van der Waals surface area contributed by atoms with Gasteiger partial charge in [0.15, 0.2) is 17.5 Å². The van der Waals surface area contributed by atoms with Gasteiger partial charge in [0.25, 0.3) is 0 Å². The first kappa shape index (κ1) is 16.1. The molecule has 6 heteroatoms. The highest BCUT2D eigenvalue weighted by atomic mass is 19.2. The SMILES string of the molecule is N#CC(F)=CC1CCC(C(=O)Oc2ccc(F)c(F)c2)CC1. The maximum atomic E-state index is 13.0. The van der Waals surface area contributed by atoms with E-state index in [2.05, 4.69) is 0 Å². The molecule has 0 radical (unpaired) electrons. The molecule has 0 aliphatic heterocycles. The molecule has 1 aliphatic rings. The zero-order valence-corrected chi connectivity index (χ0v) is 11.7. The fourth-order valence-corrected chi connectivity index (χ4v) is 2.51. The molecule has 1 aromatic rings. The van der Waals surface area contributed by atoms with Crippen LogP contribution in [0.1, 0.15) is 25.7 Å². The monoisotopic (exact) mass is 309 g/mol. The highest BCUT2D eigenvalue weighted by Gasteiger charge is 2.27. The van der Waals surface area contributed by atoms with Crippen LogP contribution >= 0.6 is 0 Å². The smallest absolute Gasteiger partial charge is 0.314 e. The zero-order chi connectivity index (χ0) is 16.1. The molecule has 0 bridgehead atoms. The van der Waals surface area contributed by atoms with E-state index in [-0.39, 0.29) is 17.6 Å². The van der Waals surface area contributed by atoms with Gasteiger partial charge in [0.1, 0.15) is 11.8 Å². The molecule has 1 saturated carbocycles. The van der Waals surface area contributed by atoms with E-state index in [1.165, 1.54) is 18.2 Å². The lowest BCUT2D eigenvalue weighted by Gasteiger charge is -2.25. The summed E-state index contributed by atoms with van der Waals surface area (Å²) in [6.07, 6.45) is 3.43. The van der Waals surface area contributed by atoms with Crippen molar-refractivity contribution < 1.29 is 22.7 Å². The van der Waals surface area contributed by atoms with Crippen molar-refractivity contribution in [3.63, 3.8) is 0 Å². The number of esters is 1. The fourth-order valence-electron chi connectivity index (χ4n) is 2.51. The molecule has 1 aliphatic carbocycles. The Bertz CT molecular complexity index is 629. The van der Waals surface area contributed by atoms with Crippen LogP contribution in [0.3, 0.4) is 0 Å². The topological polar surface area (TPSA) is 50.1 Å². The standard InChI is InChI=1S/C16H14F3NO2/c17-12(9-20)7-10-1-3-11(4-2-10)16(21)22-13-5-6-14(18)15(19)8-13/h5-8,10-11H,1-4H2. The van der Waals surface area contributed by atoms with Crippen molar-refractivity contribution >= 4 is 5.97 Å². The molecule has 22 heavy (non-hydrogen) atoms. The van der Waals surface area contributed by atoms with Crippen molar-refractivity contribution in [2.24, 2.45) is 11.8 Å². The van der Waals surface area contributed by atoms with Crippen LogP contribution in [0, 0.1) is 34.8 Å². The van der Waals surface area contributed by atoms with Gasteiger partial charge in [-0.15, -0.1) is 0 Å². The van der Waals surface area contributed by atoms with Crippen molar-refractivity contribution in [3.8, 4) is 11.8 Å². The highest BCUT2D eigenvalue weighted by Crippen LogP contribution is 2.31. The van der Waals surface area contributed by atoms with Gasteiger partial charge < -0.3 is 4.74 Å². The summed E-state index contributed by atoms with van der Waals surface area (Å²) in [5.74, 6) is -3.86. The predicted octanol–water partition coefficient (Wildman–Crippen LogP) is 4.05. The molecule has 2 rings (SSSR count). The quantitative estimate of drug-likeness (QED) is 0.481. The number of halogens is 3. The zero-order valence-electron chi connectivity index (χ0n) is 11.7. The number of ether oxygens (including phenoxy) is 1. The van der Waals surface area contributed by atoms with Crippen LogP contribution in [0.15, 0.2) is 30.1 Å². The summed E-state index contributed by atoms with van der Waals surface area (Å²) >= 11 is 0. The van der Waals surface area contributed by atoms with E-state index >= 15 is 0 Å². The third-order valence-electron chi connectivity index (χ3n) is 3.70. The molecule has 0 atom stereocenters. The molecular weight excluding hydrogens is 295 g/mol. The Morgan fingerprint density at radius 1 is 1.23 bits per heavy atom. The minimum atomic E-state index is -1.08. The van der Waals surface area contributed by atoms with E-state index in [4.69, 9.17) is 10.00 Å². The molecule has 1 fully saturated rings. The van der Waals surface area contributed by atoms with Crippen LogP contribution in [-0.2, 0) is 4.79 Å². The van der Waals surface area contributed by atoms with Crippen molar-refractivity contribution in [1.82, 2.24) is 0 Å². The Morgan fingerprint density at radius 3 is 2.50 bits per heavy atom. The van der Waals surface area contributed by atoms with Crippen LogP contribution < -0.4 is 4.74 Å². The van der Waals surface area contributed by atoms with Gasteiger partial charge >= 0.3 is 5.97 Å². The number of rotatable bonds is 3. The van der Waals surface area contributed by atoms with Crippen LogP contribution in [-0.4, -0.2) is 5.97 Å². The first-order chi connectivity index (χ1) is 10.5. The van der Waals surface area contributed by atoms with Gasteiger partial charge in [0.05, 0.1) is 5.92 Å². The van der Waals surface area contributed by atoms with Crippen LogP contribution in [0.25, 0.3) is 0 Å². The maximum Gasteiger partial charge on any atom is 0.314 e. The van der Waals surface area contributed by atoms with E-state index < -0.39 is 23.4 Å². The first-order valence-corrected chi connectivity index (χ1v) is 6.93. The molecule has 0 heterocycles. The molecule has 0 saturated heterocycles. The Hall–Kier alpha value is -2.29. The Balaban J connectivity index is 1.90. The molecule has 0 N–H and O–H groups in total. The summed E-state index contributed by atoms with van der Waals surface area (Å²) in [5, 5.41) is 8.39. The lowest BCUT2D eigenvalue weighted by molar-refractivity contribution is -0.140. The van der Waals surface area contributed by atoms with E-state index in [0.29, 0.717) is 25.7 Å². The molecule has 0 unspecified atom stereocenters. The predicted molar refractivity (Wildman–Crippen MR) is 72.2 cm³/mol. The van der Waals surface area contributed by atoms with E-state index in [1.807, 2.05) is 0 Å². The largest absolute Gasteiger partial charge is 0.426 e.